The fourth-order valence-electron chi connectivity index (χ4n) is 1.56. The van der Waals surface area contributed by atoms with E-state index in [-0.39, 0.29) is 0 Å². The molecule has 2 nitrogen and oxygen atoms in total. The number of hydrogen-bond acceptors (Lipinski definition) is 1. The van der Waals surface area contributed by atoms with Gasteiger partial charge in [0.2, 0.25) is 5.52 Å². The summed E-state index contributed by atoms with van der Waals surface area (Å²) in [7, 11) is 0. The first-order chi connectivity index (χ1) is 6.77. The molecule has 0 bridgehead atoms. The van der Waals surface area contributed by atoms with Crippen LogP contribution < -0.4 is 10.3 Å². The third-order valence-corrected chi connectivity index (χ3v) is 2.14. The molecule has 0 radical (unpaired) electrons. The Morgan fingerprint density at radius 1 is 1.21 bits per heavy atom. The third kappa shape index (κ3) is 1.59. The molecule has 1 aromatic heterocycles. The van der Waals surface area contributed by atoms with E-state index < -0.39 is 0 Å². The van der Waals surface area contributed by atoms with Gasteiger partial charge in [0.15, 0.2) is 12.7 Å². The summed E-state index contributed by atoms with van der Waals surface area (Å²) < 4.78 is 2.03. The summed E-state index contributed by atoms with van der Waals surface area (Å²) in [6.07, 6.45) is 1.97. The van der Waals surface area contributed by atoms with Gasteiger partial charge in [0.05, 0.1) is 0 Å². The molecule has 0 atom stereocenters. The molecule has 0 aliphatic heterocycles. The van der Waals surface area contributed by atoms with Crippen LogP contribution in [0.1, 0.15) is 0 Å². The Morgan fingerprint density at radius 3 is 2.71 bits per heavy atom. The maximum atomic E-state index is 5.49. The molecule has 0 fully saturated rings. The van der Waals surface area contributed by atoms with E-state index in [9.17, 15) is 0 Å². The van der Waals surface area contributed by atoms with Crippen LogP contribution in [-0.4, -0.2) is 0 Å². The fraction of sp³-hybridized carbons (Fsp3) is 0.0833. The molecule has 0 aliphatic carbocycles. The van der Waals surface area contributed by atoms with Gasteiger partial charge in [0.25, 0.3) is 0 Å². The predicted octanol–water partition coefficient (Wildman–Crippen LogP) is 1.40. The number of benzene rings is 1. The number of rotatable bonds is 2. The molecular weight excluding hydrogens is 172 g/mol. The number of hydrogen-bond donors (Lipinski definition) is 1. The van der Waals surface area contributed by atoms with Crippen molar-refractivity contribution in [1.82, 2.24) is 0 Å². The zero-order chi connectivity index (χ0) is 9.97. The predicted molar refractivity (Wildman–Crippen MR) is 56.1 cm³/mol. The second-order valence-electron chi connectivity index (χ2n) is 3.27. The van der Waals surface area contributed by atoms with Crippen LogP contribution >= 0.6 is 0 Å². The Kier molecular flexibility index (Phi) is 2.19. The maximum Gasteiger partial charge on any atom is 0.212 e. The van der Waals surface area contributed by atoms with Gasteiger partial charge in [0.1, 0.15) is 0 Å². The fourth-order valence-corrected chi connectivity index (χ4v) is 1.56. The van der Waals surface area contributed by atoms with E-state index >= 15 is 0 Å². The molecule has 14 heavy (non-hydrogen) atoms. The van der Waals surface area contributed by atoms with Gasteiger partial charge >= 0.3 is 0 Å². The standard InChI is InChI=1S/C12H12N2/c1-10(13)9-14-8-4-6-11-5-2-3-7-12(11)14/h1-8H,9,13H2. The number of nitrogens with zero attached hydrogens (tertiary/aromatic N) is 1. The van der Waals surface area contributed by atoms with Gasteiger partial charge < -0.3 is 12.3 Å². The van der Waals surface area contributed by atoms with Crippen molar-refractivity contribution >= 4 is 10.9 Å². The number of pyridine rings is 1. The number of nitrogens with two attached hydrogens (primary N) is 1. The van der Waals surface area contributed by atoms with Crippen molar-refractivity contribution in [2.75, 3.05) is 0 Å². The van der Waals surface area contributed by atoms with Gasteiger partial charge in [-0.3, -0.25) is 0 Å². The molecule has 0 amide bonds. The van der Waals surface area contributed by atoms with E-state index in [1.807, 2.05) is 29.0 Å². The Labute approximate surface area is 83.3 Å². The summed E-state index contributed by atoms with van der Waals surface area (Å²) in [5.74, 6) is 0. The second-order valence-corrected chi connectivity index (χ2v) is 3.27. The molecule has 0 aliphatic rings. The summed E-state index contributed by atoms with van der Waals surface area (Å²) in [5.41, 5.74) is 7.05. The van der Waals surface area contributed by atoms with Gasteiger partial charge in [0, 0.05) is 17.5 Å². The SMILES string of the molecule is [CH-]=C(N)C[n+]1cccc2ccccc21. The lowest BCUT2D eigenvalue weighted by atomic mass is 10.2. The number of para-hydroxylation sites is 1. The number of allylic oxidation sites excluding steroid dienone is 1. The van der Waals surface area contributed by atoms with Crippen LogP contribution in [0.15, 0.2) is 48.3 Å². The van der Waals surface area contributed by atoms with Crippen LogP contribution in [0.25, 0.3) is 10.9 Å². The van der Waals surface area contributed by atoms with Crippen LogP contribution in [0.2, 0.25) is 0 Å². The second kappa shape index (κ2) is 3.50. The third-order valence-electron chi connectivity index (χ3n) is 2.14. The molecule has 2 rings (SSSR count). The Hall–Kier alpha value is -1.83. The average Bonchev–Trinajstić information content (AvgIpc) is 2.18. The summed E-state index contributed by atoms with van der Waals surface area (Å²) in [6, 6.07) is 12.2. The molecule has 2 heteroatoms. The van der Waals surface area contributed by atoms with Crippen molar-refractivity contribution < 1.29 is 4.57 Å². The van der Waals surface area contributed by atoms with Gasteiger partial charge in [-0.15, -0.1) is 5.70 Å². The van der Waals surface area contributed by atoms with Crippen LogP contribution in [0.3, 0.4) is 0 Å². The van der Waals surface area contributed by atoms with Crippen molar-refractivity contribution in [3.8, 4) is 0 Å². The maximum absolute atomic E-state index is 5.49. The zero-order valence-corrected chi connectivity index (χ0v) is 7.85. The average molecular weight is 184 g/mol. The van der Waals surface area contributed by atoms with Gasteiger partial charge in [-0.05, 0) is 12.1 Å². The Morgan fingerprint density at radius 2 is 1.93 bits per heavy atom. The normalized spacial score (nSPS) is 10.3. The number of fused-ring (bicyclic) bond motifs is 1. The first-order valence-electron chi connectivity index (χ1n) is 4.51. The van der Waals surface area contributed by atoms with Crippen LogP contribution in [0, 0.1) is 6.58 Å². The first kappa shape index (κ1) is 8.75. The van der Waals surface area contributed by atoms with Crippen LogP contribution in [0.4, 0.5) is 0 Å². The van der Waals surface area contributed by atoms with E-state index in [1.165, 1.54) is 5.39 Å². The molecule has 2 N–H and O–H groups in total. The minimum Gasteiger partial charge on any atom is -0.487 e. The monoisotopic (exact) mass is 184 g/mol. The first-order valence-corrected chi connectivity index (χ1v) is 4.51. The van der Waals surface area contributed by atoms with Gasteiger partial charge in [-0.25, -0.2) is 0 Å². The molecule has 0 spiro atoms. The minimum atomic E-state index is 0.423. The summed E-state index contributed by atoms with van der Waals surface area (Å²) >= 11 is 0. The van der Waals surface area contributed by atoms with Crippen molar-refractivity contribution in [3.63, 3.8) is 0 Å². The molecule has 0 saturated carbocycles. The van der Waals surface area contributed by atoms with E-state index in [0.717, 1.165) is 5.52 Å². The summed E-state index contributed by atoms with van der Waals surface area (Å²) in [4.78, 5) is 0. The lowest BCUT2D eigenvalue weighted by Gasteiger charge is -2.03. The Bertz CT molecular complexity index is 469. The van der Waals surface area contributed by atoms with E-state index in [4.69, 9.17) is 12.3 Å². The molecule has 0 unspecified atom stereocenters. The molecule has 1 aromatic carbocycles. The molecule has 2 aromatic rings. The van der Waals surface area contributed by atoms with E-state index in [1.54, 1.807) is 0 Å². The lowest BCUT2D eigenvalue weighted by Crippen LogP contribution is -2.36. The molecular formula is C12H12N2. The smallest absolute Gasteiger partial charge is 0.212 e. The molecule has 0 saturated heterocycles. The minimum absolute atomic E-state index is 0.423. The largest absolute Gasteiger partial charge is 0.487 e. The highest BCUT2D eigenvalue weighted by molar-refractivity contribution is 5.74. The number of aromatic nitrogens is 1. The summed E-state index contributed by atoms with van der Waals surface area (Å²) in [6.45, 7) is 6.05. The quantitative estimate of drug-likeness (QED) is 0.555. The topological polar surface area (TPSA) is 29.9 Å². The summed E-state index contributed by atoms with van der Waals surface area (Å²) in [5, 5.41) is 1.19. The highest BCUT2D eigenvalue weighted by Gasteiger charge is 2.04. The van der Waals surface area contributed by atoms with Crippen molar-refractivity contribution in [1.29, 1.82) is 0 Å². The van der Waals surface area contributed by atoms with E-state index in [2.05, 4.69) is 18.2 Å². The molecule has 1 heterocycles. The van der Waals surface area contributed by atoms with Crippen LogP contribution in [0.5, 0.6) is 0 Å². The molecule has 70 valence electrons. The van der Waals surface area contributed by atoms with E-state index in [0.29, 0.717) is 12.2 Å². The highest BCUT2D eigenvalue weighted by atomic mass is 15.0. The lowest BCUT2D eigenvalue weighted by molar-refractivity contribution is -0.663. The highest BCUT2D eigenvalue weighted by Crippen LogP contribution is 2.07. The van der Waals surface area contributed by atoms with Crippen LogP contribution in [-0.2, 0) is 6.54 Å². The Balaban J connectivity index is 2.59. The van der Waals surface area contributed by atoms with Crippen molar-refractivity contribution in [2.45, 2.75) is 6.54 Å². The van der Waals surface area contributed by atoms with Crippen molar-refractivity contribution in [3.05, 3.63) is 54.9 Å². The van der Waals surface area contributed by atoms with Gasteiger partial charge in [-0.1, -0.05) is 12.1 Å². The zero-order valence-electron chi connectivity index (χ0n) is 7.85. The van der Waals surface area contributed by atoms with Crippen molar-refractivity contribution in [2.24, 2.45) is 5.73 Å². The van der Waals surface area contributed by atoms with Gasteiger partial charge in [-0.2, -0.15) is 4.57 Å².